The number of halogens is 1. The zero-order valence-electron chi connectivity index (χ0n) is 11.8. The Balaban J connectivity index is 2.09. The standard InChI is InChI=1S/C18H16ClNO/c1-21-12-15-11-17(19)16-9-5-8-14(18(16)20-15)10-13-6-3-2-4-7-13/h2-9,11H,10,12H2,1H3. The molecule has 2 aromatic carbocycles. The largest absolute Gasteiger partial charge is 0.378 e. The number of ether oxygens (including phenoxy) is 1. The Morgan fingerprint density at radius 3 is 2.62 bits per heavy atom. The van der Waals surface area contributed by atoms with Crippen molar-refractivity contribution in [2.45, 2.75) is 13.0 Å². The van der Waals surface area contributed by atoms with E-state index in [0.717, 1.165) is 28.0 Å². The van der Waals surface area contributed by atoms with Crippen molar-refractivity contribution in [2.24, 2.45) is 0 Å². The minimum absolute atomic E-state index is 0.468. The molecule has 1 heterocycles. The van der Waals surface area contributed by atoms with Crippen molar-refractivity contribution in [1.29, 1.82) is 0 Å². The van der Waals surface area contributed by atoms with E-state index in [1.54, 1.807) is 7.11 Å². The summed E-state index contributed by atoms with van der Waals surface area (Å²) in [6.45, 7) is 0.468. The molecule has 0 aliphatic rings. The summed E-state index contributed by atoms with van der Waals surface area (Å²) in [5.41, 5.74) is 4.26. The van der Waals surface area contributed by atoms with E-state index in [-0.39, 0.29) is 0 Å². The monoisotopic (exact) mass is 297 g/mol. The van der Waals surface area contributed by atoms with Gasteiger partial charge in [0.15, 0.2) is 0 Å². The summed E-state index contributed by atoms with van der Waals surface area (Å²) in [5.74, 6) is 0. The van der Waals surface area contributed by atoms with Crippen LogP contribution in [0.2, 0.25) is 5.02 Å². The molecule has 3 aromatic rings. The van der Waals surface area contributed by atoms with Crippen molar-refractivity contribution in [2.75, 3.05) is 7.11 Å². The van der Waals surface area contributed by atoms with Crippen LogP contribution in [0.25, 0.3) is 10.9 Å². The molecule has 0 unspecified atom stereocenters. The zero-order chi connectivity index (χ0) is 14.7. The van der Waals surface area contributed by atoms with Crippen molar-refractivity contribution in [1.82, 2.24) is 4.98 Å². The van der Waals surface area contributed by atoms with Crippen LogP contribution in [0.15, 0.2) is 54.6 Å². The van der Waals surface area contributed by atoms with E-state index < -0.39 is 0 Å². The first-order valence-corrected chi connectivity index (χ1v) is 7.25. The normalized spacial score (nSPS) is 11.0. The number of fused-ring (bicyclic) bond motifs is 1. The first-order chi connectivity index (χ1) is 10.3. The number of pyridine rings is 1. The number of nitrogens with zero attached hydrogens (tertiary/aromatic N) is 1. The van der Waals surface area contributed by atoms with Crippen LogP contribution in [0.4, 0.5) is 0 Å². The lowest BCUT2D eigenvalue weighted by Gasteiger charge is -2.09. The number of hydrogen-bond acceptors (Lipinski definition) is 2. The number of rotatable bonds is 4. The second-order valence-electron chi connectivity index (χ2n) is 5.00. The van der Waals surface area contributed by atoms with Gasteiger partial charge in [-0.2, -0.15) is 0 Å². The van der Waals surface area contributed by atoms with Gasteiger partial charge in [0, 0.05) is 12.5 Å². The van der Waals surface area contributed by atoms with E-state index >= 15 is 0 Å². The fraction of sp³-hybridized carbons (Fsp3) is 0.167. The predicted molar refractivity (Wildman–Crippen MR) is 86.7 cm³/mol. The maximum Gasteiger partial charge on any atom is 0.0884 e. The highest BCUT2D eigenvalue weighted by Gasteiger charge is 2.09. The first-order valence-electron chi connectivity index (χ1n) is 6.88. The lowest BCUT2D eigenvalue weighted by molar-refractivity contribution is 0.182. The van der Waals surface area contributed by atoms with Crippen LogP contribution in [-0.4, -0.2) is 12.1 Å². The van der Waals surface area contributed by atoms with Crippen LogP contribution >= 0.6 is 11.6 Å². The molecule has 106 valence electrons. The summed E-state index contributed by atoms with van der Waals surface area (Å²) in [4.78, 5) is 4.71. The van der Waals surface area contributed by atoms with Gasteiger partial charge in [-0.1, -0.05) is 60.1 Å². The number of methoxy groups -OCH3 is 1. The van der Waals surface area contributed by atoms with Crippen LogP contribution in [0.1, 0.15) is 16.8 Å². The van der Waals surface area contributed by atoms with E-state index in [4.69, 9.17) is 21.3 Å². The van der Waals surface area contributed by atoms with Gasteiger partial charge in [-0.15, -0.1) is 0 Å². The molecule has 3 rings (SSSR count). The minimum Gasteiger partial charge on any atom is -0.378 e. The Hall–Kier alpha value is -1.90. The number of para-hydroxylation sites is 1. The van der Waals surface area contributed by atoms with Gasteiger partial charge in [0.2, 0.25) is 0 Å². The minimum atomic E-state index is 0.468. The molecule has 0 bridgehead atoms. The summed E-state index contributed by atoms with van der Waals surface area (Å²) in [7, 11) is 1.66. The molecule has 2 nitrogen and oxygen atoms in total. The molecule has 0 spiro atoms. The molecule has 0 atom stereocenters. The first kappa shape index (κ1) is 14.1. The summed E-state index contributed by atoms with van der Waals surface area (Å²) < 4.78 is 5.17. The number of hydrogen-bond donors (Lipinski definition) is 0. The van der Waals surface area contributed by atoms with Crippen LogP contribution in [0.3, 0.4) is 0 Å². The molecule has 0 saturated heterocycles. The second kappa shape index (κ2) is 6.25. The molecule has 21 heavy (non-hydrogen) atoms. The van der Waals surface area contributed by atoms with Gasteiger partial charge in [-0.05, 0) is 23.6 Å². The quantitative estimate of drug-likeness (QED) is 0.701. The summed E-state index contributed by atoms with van der Waals surface area (Å²) >= 11 is 6.38. The van der Waals surface area contributed by atoms with Gasteiger partial charge in [0.25, 0.3) is 0 Å². The molecule has 0 saturated carbocycles. The highest BCUT2D eigenvalue weighted by atomic mass is 35.5. The maximum absolute atomic E-state index is 6.38. The molecule has 0 fully saturated rings. The molecular weight excluding hydrogens is 282 g/mol. The molecule has 0 N–H and O–H groups in total. The zero-order valence-corrected chi connectivity index (χ0v) is 12.6. The highest BCUT2D eigenvalue weighted by Crippen LogP contribution is 2.27. The van der Waals surface area contributed by atoms with Gasteiger partial charge in [-0.3, -0.25) is 0 Å². The lowest BCUT2D eigenvalue weighted by Crippen LogP contribution is -1.97. The Morgan fingerprint density at radius 2 is 1.86 bits per heavy atom. The predicted octanol–water partition coefficient (Wildman–Crippen LogP) is 4.63. The molecule has 0 radical (unpaired) electrons. The van der Waals surface area contributed by atoms with E-state index in [1.165, 1.54) is 11.1 Å². The highest BCUT2D eigenvalue weighted by molar-refractivity contribution is 6.35. The van der Waals surface area contributed by atoms with Crippen molar-refractivity contribution in [3.05, 3.63) is 76.4 Å². The Labute approximate surface area is 129 Å². The van der Waals surface area contributed by atoms with Gasteiger partial charge in [0.05, 0.1) is 22.8 Å². The van der Waals surface area contributed by atoms with Crippen molar-refractivity contribution in [3.8, 4) is 0 Å². The molecule has 0 aliphatic heterocycles. The Kier molecular flexibility index (Phi) is 4.18. The summed E-state index contributed by atoms with van der Waals surface area (Å²) in [6.07, 6.45) is 0.845. The number of benzene rings is 2. The third-order valence-electron chi connectivity index (χ3n) is 3.46. The molecule has 0 amide bonds. The maximum atomic E-state index is 6.38. The van der Waals surface area contributed by atoms with Gasteiger partial charge in [0.1, 0.15) is 0 Å². The van der Waals surface area contributed by atoms with E-state index in [9.17, 15) is 0 Å². The number of aromatic nitrogens is 1. The lowest BCUT2D eigenvalue weighted by atomic mass is 10.0. The van der Waals surface area contributed by atoms with Crippen molar-refractivity contribution >= 4 is 22.5 Å². The van der Waals surface area contributed by atoms with E-state index in [0.29, 0.717) is 6.61 Å². The second-order valence-corrected chi connectivity index (χ2v) is 5.41. The average molecular weight is 298 g/mol. The summed E-state index contributed by atoms with van der Waals surface area (Å²) in [5, 5.41) is 1.71. The third kappa shape index (κ3) is 3.07. The van der Waals surface area contributed by atoms with Crippen molar-refractivity contribution < 1.29 is 4.74 Å². The molecule has 0 aliphatic carbocycles. The van der Waals surface area contributed by atoms with Gasteiger partial charge >= 0.3 is 0 Å². The SMILES string of the molecule is COCc1cc(Cl)c2cccc(Cc3ccccc3)c2n1. The van der Waals surface area contributed by atoms with Crippen LogP contribution in [0.5, 0.6) is 0 Å². The van der Waals surface area contributed by atoms with E-state index in [1.807, 2.05) is 24.3 Å². The van der Waals surface area contributed by atoms with Crippen molar-refractivity contribution in [3.63, 3.8) is 0 Å². The smallest absolute Gasteiger partial charge is 0.0884 e. The molecule has 1 aromatic heterocycles. The Bertz CT molecular complexity index is 756. The summed E-state index contributed by atoms with van der Waals surface area (Å²) in [6, 6.07) is 18.4. The third-order valence-corrected chi connectivity index (χ3v) is 3.77. The topological polar surface area (TPSA) is 22.1 Å². The van der Waals surface area contributed by atoms with Crippen LogP contribution in [-0.2, 0) is 17.8 Å². The van der Waals surface area contributed by atoms with E-state index in [2.05, 4.69) is 30.3 Å². The van der Waals surface area contributed by atoms with Crippen LogP contribution < -0.4 is 0 Å². The Morgan fingerprint density at radius 1 is 1.05 bits per heavy atom. The van der Waals surface area contributed by atoms with Crippen LogP contribution in [0, 0.1) is 0 Å². The molecular formula is C18H16ClNO. The fourth-order valence-corrected chi connectivity index (χ4v) is 2.77. The van der Waals surface area contributed by atoms with Gasteiger partial charge in [-0.25, -0.2) is 4.98 Å². The average Bonchev–Trinajstić information content (AvgIpc) is 2.50. The molecule has 3 heteroatoms. The van der Waals surface area contributed by atoms with Gasteiger partial charge < -0.3 is 4.74 Å². The fourth-order valence-electron chi connectivity index (χ4n) is 2.50.